The first-order chi connectivity index (χ1) is 13.7. The lowest BCUT2D eigenvalue weighted by Gasteiger charge is -2.33. The summed E-state index contributed by atoms with van der Waals surface area (Å²) < 4.78 is 11.2. The molecule has 1 aliphatic rings. The molecule has 7 heteroatoms. The molecule has 0 aromatic carbocycles. The Balaban J connectivity index is 1.42. The molecule has 0 radical (unpaired) electrons. The molecule has 4 heterocycles. The molecule has 3 aromatic heterocycles. The summed E-state index contributed by atoms with van der Waals surface area (Å²) in [6.45, 7) is 3.85. The summed E-state index contributed by atoms with van der Waals surface area (Å²) in [4.78, 5) is 19.7. The van der Waals surface area contributed by atoms with Gasteiger partial charge in [-0.05, 0) is 25.1 Å². The Kier molecular flexibility index (Phi) is 5.32. The molecule has 28 heavy (non-hydrogen) atoms. The van der Waals surface area contributed by atoms with E-state index in [0.717, 1.165) is 54.3 Å². The highest BCUT2D eigenvalue weighted by molar-refractivity contribution is 5.67. The average molecular weight is 377 g/mol. The summed E-state index contributed by atoms with van der Waals surface area (Å²) in [6, 6.07) is 7.66. The fraction of sp³-hybridized carbons (Fsp3) is 0.333. The molecule has 0 saturated carbocycles. The number of aromatic nitrogens is 4. The molecule has 1 fully saturated rings. The van der Waals surface area contributed by atoms with E-state index in [-0.39, 0.29) is 6.10 Å². The van der Waals surface area contributed by atoms with Gasteiger partial charge in [-0.15, -0.1) is 0 Å². The van der Waals surface area contributed by atoms with Crippen LogP contribution in [0.3, 0.4) is 0 Å². The molecule has 144 valence electrons. The zero-order chi connectivity index (χ0) is 19.3. The number of hydrogen-bond donors (Lipinski definition) is 0. The van der Waals surface area contributed by atoms with Crippen LogP contribution in [0.15, 0.2) is 49.2 Å². The highest BCUT2D eigenvalue weighted by Crippen LogP contribution is 2.29. The molecular formula is C21H23N5O2. The van der Waals surface area contributed by atoms with Crippen LogP contribution in [0.2, 0.25) is 0 Å². The Hall–Kier alpha value is -3.22. The van der Waals surface area contributed by atoms with E-state index in [2.05, 4.69) is 31.8 Å². The minimum Gasteiger partial charge on any atom is -0.489 e. The largest absolute Gasteiger partial charge is 0.489 e. The minimum atomic E-state index is 0.173. The molecule has 0 bridgehead atoms. The molecule has 1 aliphatic heterocycles. The molecular weight excluding hydrogens is 354 g/mol. The Bertz CT molecular complexity index is 910. The van der Waals surface area contributed by atoms with Crippen LogP contribution < -0.4 is 14.4 Å². The first-order valence-corrected chi connectivity index (χ1v) is 9.38. The number of methoxy groups -OCH3 is 1. The number of ether oxygens (including phenoxy) is 2. The summed E-state index contributed by atoms with van der Waals surface area (Å²) in [6.07, 6.45) is 8.98. The van der Waals surface area contributed by atoms with Crippen molar-refractivity contribution in [1.29, 1.82) is 0 Å². The zero-order valence-electron chi connectivity index (χ0n) is 16.1. The van der Waals surface area contributed by atoms with E-state index < -0.39 is 0 Å². The maximum atomic E-state index is 6.08. The van der Waals surface area contributed by atoms with Crippen molar-refractivity contribution >= 4 is 5.82 Å². The number of piperidine rings is 1. The van der Waals surface area contributed by atoms with Gasteiger partial charge in [-0.2, -0.15) is 0 Å². The zero-order valence-corrected chi connectivity index (χ0v) is 16.1. The second-order valence-electron chi connectivity index (χ2n) is 6.75. The van der Waals surface area contributed by atoms with Crippen molar-refractivity contribution in [2.45, 2.75) is 25.9 Å². The Morgan fingerprint density at radius 1 is 1.04 bits per heavy atom. The van der Waals surface area contributed by atoms with E-state index in [1.165, 1.54) is 0 Å². The SMILES string of the molecule is COc1ccc(OC2CCN(c3ncnc(-c4cccnc4)c3C)CC2)cn1. The van der Waals surface area contributed by atoms with Gasteiger partial charge >= 0.3 is 0 Å². The number of hydrogen-bond acceptors (Lipinski definition) is 7. The molecule has 0 unspecified atom stereocenters. The molecule has 0 aliphatic carbocycles. The smallest absolute Gasteiger partial charge is 0.213 e. The second kappa shape index (κ2) is 8.21. The topological polar surface area (TPSA) is 73.3 Å². The van der Waals surface area contributed by atoms with Crippen molar-refractivity contribution < 1.29 is 9.47 Å². The maximum absolute atomic E-state index is 6.08. The average Bonchev–Trinajstić information content (AvgIpc) is 2.76. The Labute approximate surface area is 164 Å². The van der Waals surface area contributed by atoms with Gasteiger partial charge in [0.15, 0.2) is 0 Å². The third-order valence-corrected chi connectivity index (χ3v) is 4.96. The molecule has 0 spiro atoms. The lowest BCUT2D eigenvalue weighted by atomic mass is 10.1. The fourth-order valence-electron chi connectivity index (χ4n) is 3.49. The van der Waals surface area contributed by atoms with Crippen LogP contribution in [0.25, 0.3) is 11.3 Å². The summed E-state index contributed by atoms with van der Waals surface area (Å²) in [5.41, 5.74) is 3.02. The van der Waals surface area contributed by atoms with Crippen LogP contribution in [0.5, 0.6) is 11.6 Å². The van der Waals surface area contributed by atoms with E-state index in [4.69, 9.17) is 9.47 Å². The molecule has 4 rings (SSSR count). The molecule has 0 amide bonds. The van der Waals surface area contributed by atoms with Gasteiger partial charge < -0.3 is 14.4 Å². The van der Waals surface area contributed by atoms with Gasteiger partial charge in [0.25, 0.3) is 0 Å². The van der Waals surface area contributed by atoms with Crippen molar-refractivity contribution in [3.8, 4) is 22.9 Å². The predicted octanol–water partition coefficient (Wildman–Crippen LogP) is 3.30. The molecule has 7 nitrogen and oxygen atoms in total. The normalized spacial score (nSPS) is 14.7. The van der Waals surface area contributed by atoms with Crippen LogP contribution in [0.1, 0.15) is 18.4 Å². The predicted molar refractivity (Wildman–Crippen MR) is 107 cm³/mol. The monoisotopic (exact) mass is 377 g/mol. The van der Waals surface area contributed by atoms with Crippen LogP contribution in [-0.2, 0) is 0 Å². The van der Waals surface area contributed by atoms with Gasteiger partial charge in [-0.1, -0.05) is 0 Å². The van der Waals surface area contributed by atoms with Crippen molar-refractivity contribution in [3.63, 3.8) is 0 Å². The highest BCUT2D eigenvalue weighted by Gasteiger charge is 2.23. The number of anilines is 1. The summed E-state index contributed by atoms with van der Waals surface area (Å²) >= 11 is 0. The van der Waals surface area contributed by atoms with E-state index in [1.807, 2.05) is 30.5 Å². The van der Waals surface area contributed by atoms with Crippen molar-refractivity contribution in [3.05, 3.63) is 54.7 Å². The van der Waals surface area contributed by atoms with E-state index >= 15 is 0 Å². The van der Waals surface area contributed by atoms with Crippen LogP contribution in [0.4, 0.5) is 5.82 Å². The van der Waals surface area contributed by atoms with Gasteiger partial charge in [0.1, 0.15) is 24.0 Å². The van der Waals surface area contributed by atoms with Crippen molar-refractivity contribution in [2.75, 3.05) is 25.1 Å². The summed E-state index contributed by atoms with van der Waals surface area (Å²) in [5, 5.41) is 0. The van der Waals surface area contributed by atoms with Crippen LogP contribution in [-0.4, -0.2) is 46.2 Å². The maximum Gasteiger partial charge on any atom is 0.213 e. The van der Waals surface area contributed by atoms with Gasteiger partial charge in [0.05, 0.1) is 19.0 Å². The fourth-order valence-corrected chi connectivity index (χ4v) is 3.49. The first-order valence-electron chi connectivity index (χ1n) is 9.38. The molecule has 0 atom stereocenters. The van der Waals surface area contributed by atoms with Crippen molar-refractivity contribution in [1.82, 2.24) is 19.9 Å². The number of rotatable bonds is 5. The quantitative estimate of drug-likeness (QED) is 0.675. The number of pyridine rings is 2. The third kappa shape index (κ3) is 3.88. The minimum absolute atomic E-state index is 0.173. The first kappa shape index (κ1) is 18.2. The molecule has 0 N–H and O–H groups in total. The second-order valence-corrected chi connectivity index (χ2v) is 6.75. The number of nitrogens with zero attached hydrogens (tertiary/aromatic N) is 5. The summed E-state index contributed by atoms with van der Waals surface area (Å²) in [7, 11) is 1.60. The molecule has 1 saturated heterocycles. The Morgan fingerprint density at radius 2 is 1.89 bits per heavy atom. The summed E-state index contributed by atoms with van der Waals surface area (Å²) in [5.74, 6) is 2.35. The highest BCUT2D eigenvalue weighted by atomic mass is 16.5. The van der Waals surface area contributed by atoms with Gasteiger partial charge in [-0.3, -0.25) is 4.98 Å². The van der Waals surface area contributed by atoms with E-state index in [9.17, 15) is 0 Å². The van der Waals surface area contributed by atoms with Crippen molar-refractivity contribution in [2.24, 2.45) is 0 Å². The van der Waals surface area contributed by atoms with Crippen LogP contribution in [0, 0.1) is 6.92 Å². The van der Waals surface area contributed by atoms with E-state index in [0.29, 0.717) is 5.88 Å². The third-order valence-electron chi connectivity index (χ3n) is 4.96. The molecule has 3 aromatic rings. The van der Waals surface area contributed by atoms with Gasteiger partial charge in [-0.25, -0.2) is 15.0 Å². The van der Waals surface area contributed by atoms with E-state index in [1.54, 1.807) is 25.8 Å². The van der Waals surface area contributed by atoms with Crippen LogP contribution >= 0.6 is 0 Å². The lowest BCUT2D eigenvalue weighted by Crippen LogP contribution is -2.39. The Morgan fingerprint density at radius 3 is 2.57 bits per heavy atom. The van der Waals surface area contributed by atoms with Gasteiger partial charge in [0, 0.05) is 55.5 Å². The van der Waals surface area contributed by atoms with Gasteiger partial charge in [0.2, 0.25) is 5.88 Å². The standard InChI is InChI=1S/C21H23N5O2/c1-15-20(16-4-3-9-22-12-16)24-14-25-21(15)26-10-7-17(8-11-26)28-18-5-6-19(27-2)23-13-18/h3-6,9,12-14,17H,7-8,10-11H2,1-2H3. The lowest BCUT2D eigenvalue weighted by molar-refractivity contribution is 0.169.